The molecule has 25 heavy (non-hydrogen) atoms. The van der Waals surface area contributed by atoms with Crippen molar-refractivity contribution >= 4 is 38.6 Å². The van der Waals surface area contributed by atoms with Gasteiger partial charge in [0.2, 0.25) is 0 Å². The van der Waals surface area contributed by atoms with Crippen molar-refractivity contribution in [2.75, 3.05) is 17.1 Å². The average molecular weight is 375 g/mol. The molecule has 0 saturated heterocycles. The van der Waals surface area contributed by atoms with E-state index in [1.807, 2.05) is 25.1 Å². The van der Waals surface area contributed by atoms with Crippen LogP contribution in [0, 0.1) is 6.92 Å². The molecule has 1 aromatic carbocycles. The third kappa shape index (κ3) is 4.09. The Bertz CT molecular complexity index is 953. The number of anilines is 3. The van der Waals surface area contributed by atoms with E-state index in [0.29, 0.717) is 5.75 Å². The molecule has 0 bridgehead atoms. The highest BCUT2D eigenvalue weighted by Gasteiger charge is 2.15. The van der Waals surface area contributed by atoms with Gasteiger partial charge in [-0.05, 0) is 48.2 Å². The Hall–Kier alpha value is -2.58. The minimum absolute atomic E-state index is 0.251. The van der Waals surface area contributed by atoms with Gasteiger partial charge >= 0.3 is 0 Å². The number of hydrogen-bond donors (Lipinski definition) is 2. The van der Waals surface area contributed by atoms with Crippen molar-refractivity contribution in [2.24, 2.45) is 0 Å². The van der Waals surface area contributed by atoms with Gasteiger partial charge in [-0.2, -0.15) is 0 Å². The lowest BCUT2D eigenvalue weighted by molar-refractivity contribution is 0.416. The molecule has 0 fully saturated rings. The van der Waals surface area contributed by atoms with Gasteiger partial charge in [-0.1, -0.05) is 12.1 Å². The average Bonchev–Trinajstić information content (AvgIpc) is 3.12. The van der Waals surface area contributed by atoms with Crippen molar-refractivity contribution in [3.8, 4) is 5.75 Å². The van der Waals surface area contributed by atoms with Crippen molar-refractivity contribution in [3.05, 3.63) is 59.6 Å². The van der Waals surface area contributed by atoms with E-state index in [0.717, 1.165) is 28.3 Å². The van der Waals surface area contributed by atoms with Crippen LogP contribution >= 0.6 is 11.3 Å². The first-order chi connectivity index (χ1) is 12.0. The molecule has 0 aliphatic heterocycles. The maximum atomic E-state index is 12.2. The second-order valence-corrected chi connectivity index (χ2v) is 8.16. The smallest absolute Gasteiger partial charge is 0.272 e. The predicted octanol–water partition coefficient (Wildman–Crippen LogP) is 4.00. The van der Waals surface area contributed by atoms with Crippen LogP contribution in [0.2, 0.25) is 0 Å². The molecule has 3 rings (SSSR count). The number of pyridine rings is 1. The van der Waals surface area contributed by atoms with Gasteiger partial charge in [-0.3, -0.25) is 4.72 Å². The van der Waals surface area contributed by atoms with Crippen molar-refractivity contribution in [3.63, 3.8) is 0 Å². The monoisotopic (exact) mass is 375 g/mol. The summed E-state index contributed by atoms with van der Waals surface area (Å²) in [4.78, 5) is 4.16. The fourth-order valence-electron chi connectivity index (χ4n) is 2.21. The number of nitrogens with one attached hydrogen (secondary N) is 2. The second-order valence-electron chi connectivity index (χ2n) is 5.30. The van der Waals surface area contributed by atoms with Crippen LogP contribution in [0.5, 0.6) is 5.75 Å². The SMILES string of the molecule is COc1ccc(C)cc1Nc1ccc(NS(=O)(=O)c2cccs2)nc1. The first-order valence-electron chi connectivity index (χ1n) is 7.42. The summed E-state index contributed by atoms with van der Waals surface area (Å²) in [5.41, 5.74) is 2.63. The Morgan fingerprint density at radius 2 is 2.00 bits per heavy atom. The third-order valence-corrected chi connectivity index (χ3v) is 6.15. The summed E-state index contributed by atoms with van der Waals surface area (Å²) < 4.78 is 32.4. The summed E-state index contributed by atoms with van der Waals surface area (Å²) in [6, 6.07) is 12.4. The van der Waals surface area contributed by atoms with Crippen LogP contribution < -0.4 is 14.8 Å². The quantitative estimate of drug-likeness (QED) is 0.680. The van der Waals surface area contributed by atoms with Gasteiger partial charge in [-0.25, -0.2) is 13.4 Å². The molecule has 0 radical (unpaired) electrons. The van der Waals surface area contributed by atoms with Gasteiger partial charge in [-0.15, -0.1) is 11.3 Å². The molecule has 2 aromatic heterocycles. The standard InChI is InChI=1S/C17H17N3O3S2/c1-12-5-7-15(23-2)14(10-12)19-13-6-8-16(18-11-13)20-25(21,22)17-4-3-9-24-17/h3-11,19H,1-2H3,(H,18,20). The maximum absolute atomic E-state index is 12.2. The molecular weight excluding hydrogens is 358 g/mol. The Morgan fingerprint density at radius 1 is 1.16 bits per heavy atom. The molecule has 6 nitrogen and oxygen atoms in total. The second kappa shape index (κ2) is 7.12. The zero-order chi connectivity index (χ0) is 17.9. The van der Waals surface area contributed by atoms with E-state index in [9.17, 15) is 8.42 Å². The highest BCUT2D eigenvalue weighted by atomic mass is 32.2. The number of methoxy groups -OCH3 is 1. The number of hydrogen-bond acceptors (Lipinski definition) is 6. The molecule has 3 aromatic rings. The molecule has 130 valence electrons. The number of rotatable bonds is 6. The lowest BCUT2D eigenvalue weighted by atomic mass is 10.2. The molecule has 0 spiro atoms. The minimum Gasteiger partial charge on any atom is -0.495 e. The number of ether oxygens (including phenoxy) is 1. The molecule has 0 atom stereocenters. The zero-order valence-corrected chi connectivity index (χ0v) is 15.3. The normalized spacial score (nSPS) is 11.1. The Kier molecular flexibility index (Phi) is 4.91. The maximum Gasteiger partial charge on any atom is 0.272 e. The first kappa shape index (κ1) is 17.2. The van der Waals surface area contributed by atoms with E-state index < -0.39 is 10.0 Å². The number of aryl methyl sites for hydroxylation is 1. The molecule has 2 N–H and O–H groups in total. The van der Waals surface area contributed by atoms with Gasteiger partial charge in [0.05, 0.1) is 24.7 Å². The van der Waals surface area contributed by atoms with Crippen LogP contribution in [-0.2, 0) is 10.0 Å². The van der Waals surface area contributed by atoms with E-state index in [-0.39, 0.29) is 10.0 Å². The highest BCUT2D eigenvalue weighted by molar-refractivity contribution is 7.94. The largest absolute Gasteiger partial charge is 0.495 e. The molecule has 0 aliphatic carbocycles. The van der Waals surface area contributed by atoms with Gasteiger partial charge in [0.15, 0.2) is 0 Å². The summed E-state index contributed by atoms with van der Waals surface area (Å²) in [7, 11) is -1.98. The summed E-state index contributed by atoms with van der Waals surface area (Å²) >= 11 is 1.15. The van der Waals surface area contributed by atoms with E-state index in [2.05, 4.69) is 15.0 Å². The fourth-order valence-corrected chi connectivity index (χ4v) is 4.21. The highest BCUT2D eigenvalue weighted by Crippen LogP contribution is 2.28. The van der Waals surface area contributed by atoms with Crippen LogP contribution in [0.15, 0.2) is 58.3 Å². The summed E-state index contributed by atoms with van der Waals surface area (Å²) in [5.74, 6) is 0.975. The fraction of sp³-hybridized carbons (Fsp3) is 0.118. The van der Waals surface area contributed by atoms with Crippen LogP contribution in [-0.4, -0.2) is 20.5 Å². The number of sulfonamides is 1. The van der Waals surface area contributed by atoms with Crippen molar-refractivity contribution < 1.29 is 13.2 Å². The Balaban J connectivity index is 1.76. The summed E-state index contributed by atoms with van der Waals surface area (Å²) in [6.45, 7) is 1.99. The predicted molar refractivity (Wildman–Crippen MR) is 100 cm³/mol. The number of aromatic nitrogens is 1. The lowest BCUT2D eigenvalue weighted by Crippen LogP contribution is -2.12. The van der Waals surface area contributed by atoms with Crippen molar-refractivity contribution in [1.82, 2.24) is 4.98 Å². The third-order valence-electron chi connectivity index (χ3n) is 3.40. The number of benzene rings is 1. The van der Waals surface area contributed by atoms with Crippen molar-refractivity contribution in [2.45, 2.75) is 11.1 Å². The summed E-state index contributed by atoms with van der Waals surface area (Å²) in [6.07, 6.45) is 1.56. The molecule has 0 saturated carbocycles. The molecule has 0 amide bonds. The van der Waals surface area contributed by atoms with Crippen molar-refractivity contribution in [1.29, 1.82) is 0 Å². The van der Waals surface area contributed by atoms with E-state index in [1.165, 1.54) is 0 Å². The first-order valence-corrected chi connectivity index (χ1v) is 9.78. The van der Waals surface area contributed by atoms with E-state index in [1.54, 1.807) is 43.0 Å². The van der Waals surface area contributed by atoms with Crippen LogP contribution in [0.25, 0.3) is 0 Å². The number of thiophene rings is 1. The number of nitrogens with zero attached hydrogens (tertiary/aromatic N) is 1. The molecule has 0 unspecified atom stereocenters. The van der Waals surface area contributed by atoms with Crippen LogP contribution in [0.3, 0.4) is 0 Å². The molecular formula is C17H17N3O3S2. The molecule has 0 aliphatic rings. The van der Waals surface area contributed by atoms with Gasteiger partial charge in [0.1, 0.15) is 15.8 Å². The van der Waals surface area contributed by atoms with Crippen LogP contribution in [0.4, 0.5) is 17.2 Å². The Labute approximate surface area is 150 Å². The lowest BCUT2D eigenvalue weighted by Gasteiger charge is -2.12. The zero-order valence-electron chi connectivity index (χ0n) is 13.7. The van der Waals surface area contributed by atoms with Gasteiger partial charge < -0.3 is 10.1 Å². The van der Waals surface area contributed by atoms with E-state index in [4.69, 9.17) is 4.74 Å². The summed E-state index contributed by atoms with van der Waals surface area (Å²) in [5, 5.41) is 4.93. The van der Waals surface area contributed by atoms with Gasteiger partial charge in [0.25, 0.3) is 10.0 Å². The van der Waals surface area contributed by atoms with E-state index >= 15 is 0 Å². The van der Waals surface area contributed by atoms with Crippen LogP contribution in [0.1, 0.15) is 5.56 Å². The van der Waals surface area contributed by atoms with Gasteiger partial charge in [0, 0.05) is 0 Å². The molecule has 8 heteroatoms. The Morgan fingerprint density at radius 3 is 2.64 bits per heavy atom. The topological polar surface area (TPSA) is 80.3 Å². The minimum atomic E-state index is -3.59. The molecule has 2 heterocycles.